The van der Waals surface area contributed by atoms with Crippen molar-refractivity contribution in [2.75, 3.05) is 6.61 Å². The van der Waals surface area contributed by atoms with Crippen LogP contribution < -0.4 is 11.3 Å². The number of hydrogen-bond acceptors (Lipinski definition) is 10. The third-order valence-corrected chi connectivity index (χ3v) is 5.07. The highest BCUT2D eigenvalue weighted by Gasteiger charge is 2.47. The maximum Gasteiger partial charge on any atom is 0.758 e. The normalized spacial score (nSPS) is 25.8. The van der Waals surface area contributed by atoms with E-state index >= 15 is 0 Å². The van der Waals surface area contributed by atoms with Gasteiger partial charge in [0.25, 0.3) is 0 Å². The third-order valence-electron chi connectivity index (χ3n) is 2.26. The number of nitrogens with two attached hydrogens (primary N) is 1. The topological polar surface area (TPSA) is 193 Å². The summed E-state index contributed by atoms with van der Waals surface area (Å²) in [6.45, 7) is -0.440. The highest BCUT2D eigenvalue weighted by atomic mass is 31.3. The average molecular weight is 392 g/mol. The standard InChI is InChI=1S/C6H10BN2O11P3/c7-5-1-3(18-6(10)9-8)4(17-5)2-16-21(11)19-22(12)20-23(13,14)15/h3-5H,1-2,8H2,(H-2,9,10,13,14,15)/p+2/t3-,4-,5-/m1/s1. The third kappa shape index (κ3) is 8.23. The van der Waals surface area contributed by atoms with E-state index in [-0.39, 0.29) is 6.42 Å². The Kier molecular flexibility index (Phi) is 8.12. The number of phosphoric acid groups is 1. The van der Waals surface area contributed by atoms with Gasteiger partial charge in [-0.1, -0.05) is 0 Å². The fraction of sp³-hybridized carbons (Fsp3) is 0.833. The highest BCUT2D eigenvalue weighted by molar-refractivity contribution is 7.58. The second-order valence-corrected chi connectivity index (χ2v) is 7.37. The number of rotatable bonds is 8. The molecule has 1 saturated heterocycles. The minimum Gasteiger partial charge on any atom is -0.442 e. The van der Waals surface area contributed by atoms with Gasteiger partial charge < -0.3 is 19.3 Å². The molecule has 1 heterocycles. The van der Waals surface area contributed by atoms with Crippen molar-refractivity contribution < 1.29 is 50.9 Å². The van der Waals surface area contributed by atoms with Crippen molar-refractivity contribution in [2.24, 2.45) is 5.84 Å². The molecular formula is C6H12BN2O11P3+2. The van der Waals surface area contributed by atoms with Crippen molar-refractivity contribution in [1.82, 2.24) is 5.43 Å². The Balaban J connectivity index is 2.43. The molecule has 5 N–H and O–H groups in total. The molecule has 0 aromatic heterocycles. The van der Waals surface area contributed by atoms with Crippen LogP contribution in [0.1, 0.15) is 6.42 Å². The Morgan fingerprint density at radius 1 is 1.43 bits per heavy atom. The van der Waals surface area contributed by atoms with Gasteiger partial charge in [0.2, 0.25) is 0 Å². The van der Waals surface area contributed by atoms with Gasteiger partial charge in [-0.15, -0.1) is 4.52 Å². The predicted octanol–water partition coefficient (Wildman–Crippen LogP) is -0.304. The van der Waals surface area contributed by atoms with Gasteiger partial charge in [0.05, 0.1) is 0 Å². The van der Waals surface area contributed by atoms with Crippen molar-refractivity contribution in [3.8, 4) is 0 Å². The fourth-order valence-electron chi connectivity index (χ4n) is 1.50. The summed E-state index contributed by atoms with van der Waals surface area (Å²) in [5.74, 6) is 4.85. The summed E-state index contributed by atoms with van der Waals surface area (Å²) in [4.78, 5) is 27.8. The van der Waals surface area contributed by atoms with Gasteiger partial charge in [-0.25, -0.2) is 15.2 Å². The Morgan fingerprint density at radius 3 is 2.65 bits per heavy atom. The Labute approximate surface area is 132 Å². The summed E-state index contributed by atoms with van der Waals surface area (Å²) >= 11 is 0. The molecule has 0 bridgehead atoms. The molecule has 0 aromatic carbocycles. The average Bonchev–Trinajstić information content (AvgIpc) is 2.73. The van der Waals surface area contributed by atoms with Crippen LogP contribution in [-0.2, 0) is 36.3 Å². The van der Waals surface area contributed by atoms with Gasteiger partial charge in [0.15, 0.2) is 4.31 Å². The molecule has 2 radical (unpaired) electrons. The lowest BCUT2D eigenvalue weighted by molar-refractivity contribution is -0.00586. The summed E-state index contributed by atoms with van der Waals surface area (Å²) in [5, 5.41) is 0. The first-order chi connectivity index (χ1) is 10.6. The number of amides is 1. The number of hydrogen-bond donors (Lipinski definition) is 4. The van der Waals surface area contributed by atoms with E-state index in [1.807, 2.05) is 0 Å². The molecule has 1 rings (SSSR count). The van der Waals surface area contributed by atoms with E-state index in [0.717, 1.165) is 0 Å². The zero-order valence-electron chi connectivity index (χ0n) is 11.2. The second kappa shape index (κ2) is 9.09. The lowest BCUT2D eigenvalue weighted by Gasteiger charge is -2.15. The van der Waals surface area contributed by atoms with Gasteiger partial charge >= 0.3 is 30.4 Å². The van der Waals surface area contributed by atoms with E-state index in [1.54, 1.807) is 5.43 Å². The first kappa shape index (κ1) is 20.5. The van der Waals surface area contributed by atoms with Crippen molar-refractivity contribution >= 4 is 38.3 Å². The fourth-order valence-corrected chi connectivity index (χ4v) is 3.48. The second-order valence-electron chi connectivity index (χ2n) is 3.93. The van der Waals surface area contributed by atoms with Crippen LogP contribution in [0.2, 0.25) is 0 Å². The van der Waals surface area contributed by atoms with Crippen LogP contribution in [0, 0.1) is 0 Å². The highest BCUT2D eigenvalue weighted by Crippen LogP contribution is 2.52. The van der Waals surface area contributed by atoms with E-state index in [1.165, 1.54) is 0 Å². The molecule has 128 valence electrons. The van der Waals surface area contributed by atoms with E-state index in [0.29, 0.717) is 0 Å². The van der Waals surface area contributed by atoms with E-state index in [2.05, 4.69) is 13.1 Å². The predicted molar refractivity (Wildman–Crippen MR) is 72.0 cm³/mol. The van der Waals surface area contributed by atoms with E-state index < -0.39 is 55.2 Å². The van der Waals surface area contributed by atoms with E-state index in [9.17, 15) is 18.5 Å². The molecule has 17 heteroatoms. The van der Waals surface area contributed by atoms with Gasteiger partial charge in [0, 0.05) is 21.6 Å². The van der Waals surface area contributed by atoms with Gasteiger partial charge in [0.1, 0.15) is 26.7 Å². The van der Waals surface area contributed by atoms with Crippen LogP contribution in [0.15, 0.2) is 0 Å². The molecule has 1 amide bonds. The number of carbonyl (C=O) groups is 1. The van der Waals surface area contributed by atoms with Gasteiger partial charge in [-0.05, 0) is 4.31 Å². The molecule has 2 unspecified atom stereocenters. The van der Waals surface area contributed by atoms with Crippen molar-refractivity contribution in [3.63, 3.8) is 0 Å². The van der Waals surface area contributed by atoms with Gasteiger partial charge in [-0.2, -0.15) is 0 Å². The molecule has 1 aliphatic heterocycles. The summed E-state index contributed by atoms with van der Waals surface area (Å²) in [5.41, 5.74) is 1.73. The molecule has 13 nitrogen and oxygen atoms in total. The Morgan fingerprint density at radius 2 is 2.09 bits per heavy atom. The maximum absolute atomic E-state index is 11.3. The number of carbonyl (C=O) groups excluding carboxylic acids is 1. The Hall–Kier alpha value is -0.515. The molecular weight excluding hydrogens is 380 g/mol. The number of nitrogens with one attached hydrogen (secondary N) is 1. The summed E-state index contributed by atoms with van der Waals surface area (Å²) in [6.07, 6.45) is -2.59. The SMILES string of the molecule is [B][C@H]1C[C@@H](OC(=O)NN)[C@@H](CO[P+](=O)O[P+](=O)OP(=O)(O)O)O1. The zero-order chi connectivity index (χ0) is 17.6. The molecule has 0 aliphatic carbocycles. The summed E-state index contributed by atoms with van der Waals surface area (Å²) in [7, 11) is -5.97. The molecule has 0 aromatic rings. The number of ether oxygens (including phenoxy) is 2. The maximum atomic E-state index is 11.3. The smallest absolute Gasteiger partial charge is 0.442 e. The lowest BCUT2D eigenvalue weighted by atomic mass is 9.96. The van der Waals surface area contributed by atoms with Crippen LogP contribution in [0.3, 0.4) is 0 Å². The molecule has 23 heavy (non-hydrogen) atoms. The first-order valence-electron chi connectivity index (χ1n) is 5.69. The molecule has 1 aliphatic rings. The minimum atomic E-state index is -5.07. The largest absolute Gasteiger partial charge is 0.758 e. The van der Waals surface area contributed by atoms with Crippen molar-refractivity contribution in [1.29, 1.82) is 0 Å². The number of hydrazine groups is 1. The van der Waals surface area contributed by atoms with Gasteiger partial charge in [-0.3, -0.25) is 5.43 Å². The Bertz CT molecular complexity index is 514. The van der Waals surface area contributed by atoms with Crippen LogP contribution in [0.4, 0.5) is 4.79 Å². The van der Waals surface area contributed by atoms with Crippen LogP contribution in [-0.4, -0.2) is 48.5 Å². The summed E-state index contributed by atoms with van der Waals surface area (Å²) in [6, 6.07) is -0.771. The van der Waals surface area contributed by atoms with Crippen molar-refractivity contribution in [3.05, 3.63) is 0 Å². The molecule has 0 saturated carbocycles. The molecule has 0 spiro atoms. The van der Waals surface area contributed by atoms with Crippen molar-refractivity contribution in [2.45, 2.75) is 24.6 Å². The molecule has 5 atom stereocenters. The van der Waals surface area contributed by atoms with Crippen LogP contribution in [0.25, 0.3) is 0 Å². The van der Waals surface area contributed by atoms with Crippen LogP contribution >= 0.6 is 24.3 Å². The lowest BCUT2D eigenvalue weighted by Crippen LogP contribution is -2.37. The van der Waals surface area contributed by atoms with Crippen LogP contribution in [0.5, 0.6) is 0 Å². The first-order valence-corrected chi connectivity index (χ1v) is 9.42. The molecule has 1 fully saturated rings. The zero-order valence-corrected chi connectivity index (χ0v) is 13.9. The minimum absolute atomic E-state index is 0.120. The monoisotopic (exact) mass is 392 g/mol. The van der Waals surface area contributed by atoms with E-state index in [4.69, 9.17) is 32.9 Å². The quantitative estimate of drug-likeness (QED) is 0.139. The summed E-state index contributed by atoms with van der Waals surface area (Å²) < 4.78 is 55.0.